The number of carbonyl (C=O) groups is 1. The molecule has 1 heterocycles. The zero-order valence-electron chi connectivity index (χ0n) is 13.2. The normalized spacial score (nSPS) is 13.4. The van der Waals surface area contributed by atoms with E-state index in [0.717, 1.165) is 0 Å². The standard InChI is InChI=1S/C16H15BrN2O5S/c1-2-23-12-5-3-11(4-6-12)19-25(21,22)14-8-10(17)7-13-16(14)24-9-15(20)18-13/h3-8,19H,2,9H2,1H3,(H,18,20). The molecule has 1 aliphatic heterocycles. The van der Waals surface area contributed by atoms with Gasteiger partial charge >= 0.3 is 0 Å². The minimum atomic E-state index is -3.92. The molecule has 0 atom stereocenters. The number of hydrogen-bond donors (Lipinski definition) is 2. The Kier molecular flexibility index (Phi) is 4.87. The molecule has 132 valence electrons. The Bertz CT molecular complexity index is 913. The number of anilines is 2. The molecule has 2 aromatic carbocycles. The van der Waals surface area contributed by atoms with Crippen molar-refractivity contribution in [1.82, 2.24) is 0 Å². The van der Waals surface area contributed by atoms with Crippen LogP contribution in [0.4, 0.5) is 11.4 Å². The monoisotopic (exact) mass is 426 g/mol. The molecule has 0 fully saturated rings. The van der Waals surface area contributed by atoms with Crippen molar-refractivity contribution in [2.45, 2.75) is 11.8 Å². The fourth-order valence-corrected chi connectivity index (χ4v) is 4.19. The van der Waals surface area contributed by atoms with Crippen molar-refractivity contribution in [3.8, 4) is 11.5 Å². The summed E-state index contributed by atoms with van der Waals surface area (Å²) in [5.41, 5.74) is 0.690. The number of nitrogens with one attached hydrogen (secondary N) is 2. The molecule has 0 aromatic heterocycles. The van der Waals surface area contributed by atoms with Crippen molar-refractivity contribution < 1.29 is 22.7 Å². The average Bonchev–Trinajstić information content (AvgIpc) is 2.55. The number of fused-ring (bicyclic) bond motifs is 1. The first kappa shape index (κ1) is 17.6. The van der Waals surface area contributed by atoms with E-state index in [-0.39, 0.29) is 23.2 Å². The third-order valence-electron chi connectivity index (χ3n) is 3.35. The lowest BCUT2D eigenvalue weighted by Crippen LogP contribution is -2.27. The van der Waals surface area contributed by atoms with Gasteiger partial charge in [-0.25, -0.2) is 8.42 Å². The summed E-state index contributed by atoms with van der Waals surface area (Å²) in [5.74, 6) is 0.422. The number of halogens is 1. The Labute approximate surface area is 153 Å². The SMILES string of the molecule is CCOc1ccc(NS(=O)(=O)c2cc(Br)cc3c2OCC(=O)N3)cc1. The van der Waals surface area contributed by atoms with Gasteiger partial charge in [0.2, 0.25) is 0 Å². The maximum Gasteiger partial charge on any atom is 0.265 e. The van der Waals surface area contributed by atoms with Crippen LogP contribution in [0.15, 0.2) is 45.8 Å². The van der Waals surface area contributed by atoms with Crippen molar-refractivity contribution in [3.05, 3.63) is 40.9 Å². The number of carbonyl (C=O) groups excluding carboxylic acids is 1. The second kappa shape index (κ2) is 6.93. The predicted molar refractivity (Wildman–Crippen MR) is 96.7 cm³/mol. The Morgan fingerprint density at radius 3 is 2.68 bits per heavy atom. The molecule has 3 rings (SSSR count). The van der Waals surface area contributed by atoms with Gasteiger partial charge in [0.15, 0.2) is 12.4 Å². The van der Waals surface area contributed by atoms with Gasteiger partial charge in [-0.15, -0.1) is 0 Å². The Hall–Kier alpha value is -2.26. The Morgan fingerprint density at radius 1 is 1.28 bits per heavy atom. The van der Waals surface area contributed by atoms with Crippen LogP contribution in [-0.2, 0) is 14.8 Å². The summed E-state index contributed by atoms with van der Waals surface area (Å²) >= 11 is 3.25. The highest BCUT2D eigenvalue weighted by molar-refractivity contribution is 9.10. The quantitative estimate of drug-likeness (QED) is 0.766. The van der Waals surface area contributed by atoms with Crippen LogP contribution >= 0.6 is 15.9 Å². The van der Waals surface area contributed by atoms with Gasteiger partial charge in [-0.2, -0.15) is 0 Å². The summed E-state index contributed by atoms with van der Waals surface area (Å²) in [4.78, 5) is 11.4. The molecule has 0 spiro atoms. The van der Waals surface area contributed by atoms with E-state index in [0.29, 0.717) is 28.2 Å². The summed E-state index contributed by atoms with van der Waals surface area (Å²) in [5, 5.41) is 2.60. The topological polar surface area (TPSA) is 93.7 Å². The van der Waals surface area contributed by atoms with E-state index >= 15 is 0 Å². The molecule has 1 aliphatic rings. The van der Waals surface area contributed by atoms with Gasteiger partial charge in [-0.05, 0) is 43.3 Å². The molecule has 0 saturated carbocycles. The van der Waals surface area contributed by atoms with Crippen molar-refractivity contribution in [3.63, 3.8) is 0 Å². The summed E-state index contributed by atoms with van der Waals surface area (Å²) in [6, 6.07) is 9.57. The zero-order valence-corrected chi connectivity index (χ0v) is 15.6. The molecule has 0 unspecified atom stereocenters. The fraction of sp³-hybridized carbons (Fsp3) is 0.188. The summed E-state index contributed by atoms with van der Waals surface area (Å²) in [6.45, 7) is 2.16. The molecule has 0 aliphatic carbocycles. The maximum atomic E-state index is 12.8. The molecule has 9 heteroatoms. The van der Waals surface area contributed by atoms with E-state index in [1.165, 1.54) is 6.07 Å². The smallest absolute Gasteiger partial charge is 0.265 e. The van der Waals surface area contributed by atoms with Crippen LogP contribution in [0.5, 0.6) is 11.5 Å². The highest BCUT2D eigenvalue weighted by Gasteiger charge is 2.27. The number of sulfonamides is 1. The van der Waals surface area contributed by atoms with Crippen molar-refractivity contribution in [2.75, 3.05) is 23.3 Å². The van der Waals surface area contributed by atoms with E-state index in [1.54, 1.807) is 30.3 Å². The molecule has 25 heavy (non-hydrogen) atoms. The number of hydrogen-bond acceptors (Lipinski definition) is 5. The van der Waals surface area contributed by atoms with Crippen LogP contribution in [0, 0.1) is 0 Å². The first-order valence-corrected chi connectivity index (χ1v) is 9.68. The van der Waals surface area contributed by atoms with E-state index in [2.05, 4.69) is 26.0 Å². The third kappa shape index (κ3) is 3.88. The van der Waals surface area contributed by atoms with Crippen LogP contribution in [0.2, 0.25) is 0 Å². The molecule has 0 bridgehead atoms. The first-order chi connectivity index (χ1) is 11.9. The molecule has 2 N–H and O–H groups in total. The average molecular weight is 427 g/mol. The summed E-state index contributed by atoms with van der Waals surface area (Å²) < 4.78 is 39.2. The van der Waals surface area contributed by atoms with Gasteiger partial charge in [0.05, 0.1) is 12.3 Å². The number of benzene rings is 2. The van der Waals surface area contributed by atoms with E-state index in [1.807, 2.05) is 6.92 Å². The maximum absolute atomic E-state index is 12.8. The van der Waals surface area contributed by atoms with Crippen LogP contribution in [0.25, 0.3) is 0 Å². The Balaban J connectivity index is 1.93. The highest BCUT2D eigenvalue weighted by Crippen LogP contribution is 2.38. The zero-order chi connectivity index (χ0) is 18.0. The van der Waals surface area contributed by atoms with E-state index in [9.17, 15) is 13.2 Å². The van der Waals surface area contributed by atoms with Gasteiger partial charge < -0.3 is 14.8 Å². The molecule has 2 aromatic rings. The van der Waals surface area contributed by atoms with Gasteiger partial charge in [0.25, 0.3) is 15.9 Å². The van der Waals surface area contributed by atoms with Gasteiger partial charge in [-0.3, -0.25) is 9.52 Å². The predicted octanol–water partition coefficient (Wildman–Crippen LogP) is 2.98. The Morgan fingerprint density at radius 2 is 2.00 bits per heavy atom. The molecule has 0 radical (unpaired) electrons. The number of rotatable bonds is 5. The minimum Gasteiger partial charge on any atom is -0.494 e. The highest BCUT2D eigenvalue weighted by atomic mass is 79.9. The lowest BCUT2D eigenvalue weighted by Gasteiger charge is -2.21. The lowest BCUT2D eigenvalue weighted by molar-refractivity contribution is -0.118. The van der Waals surface area contributed by atoms with Crippen molar-refractivity contribution >= 4 is 43.2 Å². The third-order valence-corrected chi connectivity index (χ3v) is 5.19. The first-order valence-electron chi connectivity index (χ1n) is 7.41. The van der Waals surface area contributed by atoms with E-state index in [4.69, 9.17) is 9.47 Å². The fourth-order valence-electron chi connectivity index (χ4n) is 2.33. The largest absolute Gasteiger partial charge is 0.494 e. The van der Waals surface area contributed by atoms with E-state index < -0.39 is 10.0 Å². The molecule has 7 nitrogen and oxygen atoms in total. The molecule has 0 saturated heterocycles. The number of ether oxygens (including phenoxy) is 2. The van der Waals surface area contributed by atoms with Crippen LogP contribution in [-0.4, -0.2) is 27.5 Å². The number of amides is 1. The molecular formula is C16H15BrN2O5S. The van der Waals surface area contributed by atoms with Crippen molar-refractivity contribution in [1.29, 1.82) is 0 Å². The molecular weight excluding hydrogens is 412 g/mol. The lowest BCUT2D eigenvalue weighted by atomic mass is 10.2. The van der Waals surface area contributed by atoms with Crippen molar-refractivity contribution in [2.24, 2.45) is 0 Å². The van der Waals surface area contributed by atoms with Crippen LogP contribution < -0.4 is 19.5 Å². The summed E-state index contributed by atoms with van der Waals surface area (Å²) in [7, 11) is -3.92. The summed E-state index contributed by atoms with van der Waals surface area (Å²) in [6.07, 6.45) is 0. The minimum absolute atomic E-state index is 0.0641. The van der Waals surface area contributed by atoms with Crippen LogP contribution in [0.3, 0.4) is 0 Å². The van der Waals surface area contributed by atoms with Gasteiger partial charge in [0, 0.05) is 10.2 Å². The second-order valence-corrected chi connectivity index (χ2v) is 7.75. The van der Waals surface area contributed by atoms with Gasteiger partial charge in [0.1, 0.15) is 10.6 Å². The van der Waals surface area contributed by atoms with Gasteiger partial charge in [-0.1, -0.05) is 15.9 Å². The molecule has 1 amide bonds. The van der Waals surface area contributed by atoms with Crippen LogP contribution in [0.1, 0.15) is 6.92 Å². The second-order valence-electron chi connectivity index (χ2n) is 5.18.